The lowest BCUT2D eigenvalue weighted by Crippen LogP contribution is -2.63. The van der Waals surface area contributed by atoms with Crippen molar-refractivity contribution in [3.8, 4) is 6.07 Å². The van der Waals surface area contributed by atoms with Crippen LogP contribution >= 0.6 is 0 Å². The molecule has 0 aromatic rings. The summed E-state index contributed by atoms with van der Waals surface area (Å²) in [5.41, 5.74) is 0.0588. The van der Waals surface area contributed by atoms with Crippen molar-refractivity contribution in [1.29, 1.82) is 5.26 Å². The molecule has 1 atom stereocenters. The molecule has 1 N–H and O–H groups in total. The minimum atomic E-state index is -0.215. The number of nitrogens with one attached hydrogen (secondary N) is 1. The van der Waals surface area contributed by atoms with Gasteiger partial charge in [-0.05, 0) is 75.5 Å². The van der Waals surface area contributed by atoms with Crippen molar-refractivity contribution in [1.82, 2.24) is 10.2 Å². The van der Waals surface area contributed by atoms with Gasteiger partial charge in [0.05, 0.1) is 6.07 Å². The lowest BCUT2D eigenvalue weighted by atomic mass is 9.53. The topological polar surface area (TPSA) is 56.1 Å². The number of amides is 2. The Morgan fingerprint density at radius 1 is 1.10 bits per heavy atom. The fourth-order valence-corrected chi connectivity index (χ4v) is 5.87. The predicted molar refractivity (Wildman–Crippen MR) is 79.4 cm³/mol. The first-order valence-electron chi connectivity index (χ1n) is 8.66. The van der Waals surface area contributed by atoms with Crippen molar-refractivity contribution in [3.63, 3.8) is 0 Å². The molecule has 0 spiro atoms. The fourth-order valence-electron chi connectivity index (χ4n) is 5.87. The Balaban J connectivity index is 1.48. The third-order valence-electron chi connectivity index (χ3n) is 6.32. The second kappa shape index (κ2) is 4.90. The van der Waals surface area contributed by atoms with Crippen LogP contribution in [0.15, 0.2) is 0 Å². The summed E-state index contributed by atoms with van der Waals surface area (Å²) in [6, 6.07) is 2.12. The molecule has 5 rings (SSSR count). The van der Waals surface area contributed by atoms with Gasteiger partial charge in [-0.3, -0.25) is 0 Å². The molecule has 1 unspecified atom stereocenters. The van der Waals surface area contributed by atoms with Gasteiger partial charge >= 0.3 is 6.03 Å². The van der Waals surface area contributed by atoms with Crippen molar-refractivity contribution in [2.24, 2.45) is 17.8 Å². The SMILES string of the molecule is N#CC1CCCCN1C(=O)NC12CC3CC(CC(C3)C1)C2. The molecule has 1 aliphatic heterocycles. The van der Waals surface area contributed by atoms with Crippen LogP contribution in [0.3, 0.4) is 0 Å². The Morgan fingerprint density at radius 2 is 1.71 bits per heavy atom. The minimum Gasteiger partial charge on any atom is -0.332 e. The zero-order chi connectivity index (χ0) is 14.4. The van der Waals surface area contributed by atoms with Gasteiger partial charge in [-0.2, -0.15) is 5.26 Å². The highest BCUT2D eigenvalue weighted by atomic mass is 16.2. The van der Waals surface area contributed by atoms with Crippen LogP contribution < -0.4 is 5.32 Å². The number of hydrogen-bond donors (Lipinski definition) is 1. The van der Waals surface area contributed by atoms with E-state index in [9.17, 15) is 10.1 Å². The van der Waals surface area contributed by atoms with Crippen molar-refractivity contribution >= 4 is 6.03 Å². The van der Waals surface area contributed by atoms with E-state index in [-0.39, 0.29) is 17.6 Å². The molecule has 4 aliphatic carbocycles. The van der Waals surface area contributed by atoms with Gasteiger partial charge in [0, 0.05) is 12.1 Å². The van der Waals surface area contributed by atoms with Gasteiger partial charge < -0.3 is 10.2 Å². The molecule has 0 radical (unpaired) electrons. The normalized spacial score (nSPS) is 44.4. The van der Waals surface area contributed by atoms with Crippen molar-refractivity contribution in [2.45, 2.75) is 69.4 Å². The molecule has 4 heteroatoms. The van der Waals surface area contributed by atoms with Crippen molar-refractivity contribution in [2.75, 3.05) is 6.54 Å². The second-order valence-corrected chi connectivity index (χ2v) is 7.96. The van der Waals surface area contributed by atoms with E-state index in [0.29, 0.717) is 0 Å². The van der Waals surface area contributed by atoms with Crippen LogP contribution in [0.25, 0.3) is 0 Å². The van der Waals surface area contributed by atoms with Gasteiger partial charge in [-0.15, -0.1) is 0 Å². The summed E-state index contributed by atoms with van der Waals surface area (Å²) in [6.07, 6.45) is 10.6. The van der Waals surface area contributed by atoms with Crippen LogP contribution in [-0.2, 0) is 0 Å². The first-order chi connectivity index (χ1) is 10.2. The molecule has 114 valence electrons. The number of urea groups is 1. The smallest absolute Gasteiger partial charge is 0.318 e. The number of carbonyl (C=O) groups is 1. The first kappa shape index (κ1) is 13.4. The van der Waals surface area contributed by atoms with E-state index in [2.05, 4.69) is 11.4 Å². The number of nitrogens with zero attached hydrogens (tertiary/aromatic N) is 2. The van der Waals surface area contributed by atoms with Crippen LogP contribution in [0.2, 0.25) is 0 Å². The van der Waals surface area contributed by atoms with Crippen LogP contribution in [0.5, 0.6) is 0 Å². The third-order valence-corrected chi connectivity index (χ3v) is 6.32. The van der Waals surface area contributed by atoms with Crippen LogP contribution in [0, 0.1) is 29.1 Å². The van der Waals surface area contributed by atoms with E-state index in [1.165, 1.54) is 38.5 Å². The fraction of sp³-hybridized carbons (Fsp3) is 0.882. The molecular weight excluding hydrogens is 262 g/mol. The number of rotatable bonds is 1. The Morgan fingerprint density at radius 3 is 2.29 bits per heavy atom. The molecule has 4 nitrogen and oxygen atoms in total. The first-order valence-corrected chi connectivity index (χ1v) is 8.66. The van der Waals surface area contributed by atoms with Gasteiger partial charge in [0.15, 0.2) is 0 Å². The third kappa shape index (κ3) is 2.31. The van der Waals surface area contributed by atoms with E-state index in [4.69, 9.17) is 0 Å². The molecular formula is C17H25N3O. The van der Waals surface area contributed by atoms with E-state index >= 15 is 0 Å². The van der Waals surface area contributed by atoms with Gasteiger partial charge in [0.2, 0.25) is 0 Å². The molecule has 21 heavy (non-hydrogen) atoms. The summed E-state index contributed by atoms with van der Waals surface area (Å²) in [4.78, 5) is 14.5. The monoisotopic (exact) mass is 287 g/mol. The number of piperidine rings is 1. The molecule has 5 aliphatic rings. The average Bonchev–Trinajstić information content (AvgIpc) is 2.45. The summed E-state index contributed by atoms with van der Waals surface area (Å²) >= 11 is 0. The molecule has 5 fully saturated rings. The Kier molecular flexibility index (Phi) is 3.13. The summed E-state index contributed by atoms with van der Waals surface area (Å²) in [7, 11) is 0. The highest BCUT2D eigenvalue weighted by molar-refractivity contribution is 5.76. The zero-order valence-corrected chi connectivity index (χ0v) is 12.7. The van der Waals surface area contributed by atoms with E-state index < -0.39 is 0 Å². The van der Waals surface area contributed by atoms with Crippen LogP contribution in [0.1, 0.15) is 57.8 Å². The maximum Gasteiger partial charge on any atom is 0.318 e. The van der Waals surface area contributed by atoms with Crippen LogP contribution in [0.4, 0.5) is 4.79 Å². The zero-order valence-electron chi connectivity index (χ0n) is 12.7. The van der Waals surface area contributed by atoms with Gasteiger partial charge in [-0.25, -0.2) is 4.79 Å². The lowest BCUT2D eigenvalue weighted by Gasteiger charge is -2.57. The molecule has 4 saturated carbocycles. The molecule has 1 saturated heterocycles. The minimum absolute atomic E-state index is 0.0307. The summed E-state index contributed by atoms with van der Waals surface area (Å²) in [5.74, 6) is 2.51. The summed E-state index contributed by atoms with van der Waals surface area (Å²) < 4.78 is 0. The van der Waals surface area contributed by atoms with E-state index in [1.807, 2.05) is 0 Å². The van der Waals surface area contributed by atoms with Crippen molar-refractivity contribution < 1.29 is 4.79 Å². The lowest BCUT2D eigenvalue weighted by molar-refractivity contribution is -0.0164. The molecule has 2 amide bonds. The van der Waals surface area contributed by atoms with Gasteiger partial charge in [-0.1, -0.05) is 0 Å². The number of hydrogen-bond acceptors (Lipinski definition) is 2. The Hall–Kier alpha value is -1.24. The maximum absolute atomic E-state index is 12.7. The number of likely N-dealkylation sites (tertiary alicyclic amines) is 1. The highest BCUT2D eigenvalue weighted by Gasteiger charge is 2.52. The molecule has 1 heterocycles. The molecule has 0 aromatic heterocycles. The maximum atomic E-state index is 12.7. The van der Waals surface area contributed by atoms with Crippen molar-refractivity contribution in [3.05, 3.63) is 0 Å². The molecule has 4 bridgehead atoms. The highest BCUT2D eigenvalue weighted by Crippen LogP contribution is 2.55. The number of carbonyl (C=O) groups excluding carboxylic acids is 1. The van der Waals surface area contributed by atoms with Crippen LogP contribution in [-0.4, -0.2) is 29.1 Å². The predicted octanol–water partition coefficient (Wildman–Crippen LogP) is 3.04. The quantitative estimate of drug-likeness (QED) is 0.806. The molecule has 0 aromatic carbocycles. The van der Waals surface area contributed by atoms with Gasteiger partial charge in [0.1, 0.15) is 6.04 Å². The van der Waals surface area contributed by atoms with Gasteiger partial charge in [0.25, 0.3) is 0 Å². The summed E-state index contributed by atoms with van der Waals surface area (Å²) in [5, 5.41) is 12.7. The largest absolute Gasteiger partial charge is 0.332 e. The second-order valence-electron chi connectivity index (χ2n) is 7.96. The average molecular weight is 287 g/mol. The Labute approximate surface area is 126 Å². The number of nitriles is 1. The Bertz CT molecular complexity index is 446. The van der Waals surface area contributed by atoms with E-state index in [1.54, 1.807) is 4.90 Å². The standard InChI is InChI=1S/C17H25N3O/c18-11-15-3-1-2-4-20(15)16(21)19-17-8-12-5-13(9-17)7-14(6-12)10-17/h12-15H,1-10H2,(H,19,21). The summed E-state index contributed by atoms with van der Waals surface area (Å²) in [6.45, 7) is 0.746. The van der Waals surface area contributed by atoms with E-state index in [0.717, 1.165) is 43.6 Å².